The van der Waals surface area contributed by atoms with E-state index in [0.29, 0.717) is 17.0 Å². The van der Waals surface area contributed by atoms with Crippen molar-refractivity contribution >= 4 is 45.4 Å². The van der Waals surface area contributed by atoms with Crippen LogP contribution in [0.5, 0.6) is 0 Å². The number of likely N-dealkylation sites (tertiary alicyclic amines) is 1. The molecule has 1 fully saturated rings. The summed E-state index contributed by atoms with van der Waals surface area (Å²) in [4.78, 5) is 24.6. The minimum absolute atomic E-state index is 0.0953. The first-order valence-electron chi connectivity index (χ1n) is 10.8. The van der Waals surface area contributed by atoms with Crippen LogP contribution < -0.4 is 10.9 Å². The van der Waals surface area contributed by atoms with Crippen LogP contribution in [0, 0.1) is 6.92 Å². The van der Waals surface area contributed by atoms with Crippen LogP contribution in [0.1, 0.15) is 38.3 Å². The Kier molecular flexibility index (Phi) is 6.76. The molecule has 0 amide bonds. The molecular weight excluding hydrogens is 446 g/mol. The van der Waals surface area contributed by atoms with Crippen molar-refractivity contribution in [2.75, 3.05) is 25.5 Å². The first kappa shape index (κ1) is 23.0. The third-order valence-electron chi connectivity index (χ3n) is 5.89. The van der Waals surface area contributed by atoms with E-state index in [1.165, 1.54) is 0 Å². The van der Waals surface area contributed by atoms with Gasteiger partial charge in [0.2, 0.25) is 5.95 Å². The number of piperidine rings is 1. The Hall–Kier alpha value is -2.13. The van der Waals surface area contributed by atoms with E-state index in [-0.39, 0.29) is 21.9 Å². The van der Waals surface area contributed by atoms with Gasteiger partial charge in [0, 0.05) is 49.2 Å². The lowest BCUT2D eigenvalue weighted by molar-refractivity contribution is 0.277. The lowest BCUT2D eigenvalue weighted by Crippen LogP contribution is -2.37. The highest BCUT2D eigenvalue weighted by Gasteiger charge is 2.28. The van der Waals surface area contributed by atoms with E-state index < -0.39 is 11.2 Å². The average molecular weight is 474 g/mol. The van der Waals surface area contributed by atoms with Crippen LogP contribution in [0.25, 0.3) is 11.0 Å². The monoisotopic (exact) mass is 473 g/mol. The van der Waals surface area contributed by atoms with Crippen molar-refractivity contribution in [1.82, 2.24) is 19.4 Å². The van der Waals surface area contributed by atoms with E-state index in [1.807, 2.05) is 39.0 Å². The lowest BCUT2D eigenvalue weighted by atomic mass is 10.1. The maximum atomic E-state index is 13.0. The number of pyridine rings is 1. The second kappa shape index (κ2) is 9.39. The standard InChI is InChI=1S/C23H28ClN5O2S/c1-14(2)29-21-16(12-19(24)22(29)30)13-25-23(27-21)26-20-6-5-18(11-15(20)3)32(31)17-7-9-28(4)10-8-17/h5-6,11-14,17H,7-10H2,1-4H3,(H,25,26,27). The third kappa shape index (κ3) is 4.64. The number of nitrogens with one attached hydrogen (secondary N) is 1. The summed E-state index contributed by atoms with van der Waals surface area (Å²) in [7, 11) is 2.10. The normalized spacial score (nSPS) is 16.6. The maximum absolute atomic E-state index is 13.0. The molecule has 2 aromatic heterocycles. The Morgan fingerprint density at radius 1 is 1.25 bits per heavy atom. The summed E-state index contributed by atoms with van der Waals surface area (Å²) in [6.07, 6.45) is 3.57. The van der Waals surface area contributed by atoms with Crippen LogP contribution in [-0.4, -0.2) is 49.4 Å². The van der Waals surface area contributed by atoms with Crippen molar-refractivity contribution in [3.8, 4) is 0 Å². The number of halogens is 1. The smallest absolute Gasteiger partial charge is 0.271 e. The highest BCUT2D eigenvalue weighted by atomic mass is 35.5. The fourth-order valence-corrected chi connectivity index (χ4v) is 5.77. The van der Waals surface area contributed by atoms with Crippen LogP contribution in [0.4, 0.5) is 11.6 Å². The van der Waals surface area contributed by atoms with E-state index in [0.717, 1.165) is 42.1 Å². The molecule has 1 aliphatic heterocycles. The zero-order valence-corrected chi connectivity index (χ0v) is 20.3. The summed E-state index contributed by atoms with van der Waals surface area (Å²) < 4.78 is 14.6. The SMILES string of the molecule is Cc1cc([S+]([O-])C2CCN(C)CC2)ccc1Nc1ncc2cc(Cl)c(=O)n(C(C)C)c2n1. The molecule has 7 nitrogen and oxygen atoms in total. The molecule has 32 heavy (non-hydrogen) atoms. The topological polar surface area (TPSA) is 86.1 Å². The van der Waals surface area contributed by atoms with Gasteiger partial charge in [-0.05, 0) is 68.8 Å². The molecule has 170 valence electrons. The van der Waals surface area contributed by atoms with Gasteiger partial charge >= 0.3 is 0 Å². The van der Waals surface area contributed by atoms with Crippen molar-refractivity contribution in [3.05, 3.63) is 51.4 Å². The van der Waals surface area contributed by atoms with Gasteiger partial charge in [0.25, 0.3) is 5.56 Å². The van der Waals surface area contributed by atoms with Crippen LogP contribution in [0.2, 0.25) is 5.02 Å². The minimum atomic E-state index is -1.02. The summed E-state index contributed by atoms with van der Waals surface area (Å²) >= 11 is 5.08. The zero-order valence-electron chi connectivity index (χ0n) is 18.8. The summed E-state index contributed by atoms with van der Waals surface area (Å²) in [5, 5.41) is 4.30. The number of anilines is 2. The molecule has 1 N–H and O–H groups in total. The molecule has 3 heterocycles. The van der Waals surface area contributed by atoms with Gasteiger partial charge in [-0.1, -0.05) is 11.6 Å². The van der Waals surface area contributed by atoms with Crippen molar-refractivity contribution < 1.29 is 4.55 Å². The van der Waals surface area contributed by atoms with Gasteiger partial charge in [0.05, 0.1) is 0 Å². The Morgan fingerprint density at radius 3 is 2.62 bits per heavy atom. The van der Waals surface area contributed by atoms with Crippen molar-refractivity contribution in [3.63, 3.8) is 0 Å². The van der Waals surface area contributed by atoms with E-state index in [1.54, 1.807) is 16.8 Å². The molecular formula is C23H28ClN5O2S. The Labute approximate surface area is 196 Å². The predicted molar refractivity (Wildman–Crippen MR) is 131 cm³/mol. The average Bonchev–Trinajstić information content (AvgIpc) is 2.76. The van der Waals surface area contributed by atoms with Crippen molar-refractivity contribution in [2.45, 2.75) is 49.8 Å². The van der Waals surface area contributed by atoms with Crippen LogP contribution in [0.3, 0.4) is 0 Å². The summed E-state index contributed by atoms with van der Waals surface area (Å²) in [5.41, 5.74) is 2.06. The van der Waals surface area contributed by atoms with Gasteiger partial charge in [-0.25, -0.2) is 4.98 Å². The number of benzene rings is 1. The van der Waals surface area contributed by atoms with Crippen molar-refractivity contribution in [2.24, 2.45) is 0 Å². The quantitative estimate of drug-likeness (QED) is 0.556. The first-order chi connectivity index (χ1) is 15.2. The molecule has 9 heteroatoms. The minimum Gasteiger partial charge on any atom is -0.611 e. The van der Waals surface area contributed by atoms with Gasteiger partial charge in [-0.15, -0.1) is 0 Å². The molecule has 1 atom stereocenters. The maximum Gasteiger partial charge on any atom is 0.271 e. The molecule has 3 aromatic rings. The summed E-state index contributed by atoms with van der Waals surface area (Å²) in [6, 6.07) is 7.31. The molecule has 0 aliphatic carbocycles. The first-order valence-corrected chi connectivity index (χ1v) is 12.4. The molecule has 0 saturated carbocycles. The van der Waals surface area contributed by atoms with Gasteiger partial charge in [-0.3, -0.25) is 9.36 Å². The van der Waals surface area contributed by atoms with E-state index in [2.05, 4.69) is 27.2 Å². The van der Waals surface area contributed by atoms with Crippen LogP contribution in [-0.2, 0) is 11.2 Å². The van der Waals surface area contributed by atoms with Gasteiger partial charge < -0.3 is 14.8 Å². The Bertz CT molecular complexity index is 1190. The number of aryl methyl sites for hydroxylation is 1. The largest absolute Gasteiger partial charge is 0.611 e. The molecule has 1 aliphatic rings. The summed E-state index contributed by atoms with van der Waals surface area (Å²) in [6.45, 7) is 7.78. The highest BCUT2D eigenvalue weighted by molar-refractivity contribution is 7.92. The van der Waals surface area contributed by atoms with E-state index in [9.17, 15) is 9.35 Å². The fraction of sp³-hybridized carbons (Fsp3) is 0.435. The number of aromatic nitrogens is 3. The van der Waals surface area contributed by atoms with Gasteiger partial charge in [-0.2, -0.15) is 4.98 Å². The second-order valence-electron chi connectivity index (χ2n) is 8.64. The molecule has 1 saturated heterocycles. The van der Waals surface area contributed by atoms with Crippen molar-refractivity contribution in [1.29, 1.82) is 0 Å². The molecule has 4 rings (SSSR count). The Balaban J connectivity index is 1.59. The van der Waals surface area contributed by atoms with Crippen LogP contribution in [0.15, 0.2) is 40.2 Å². The highest BCUT2D eigenvalue weighted by Crippen LogP contribution is 2.28. The van der Waals surface area contributed by atoms with Gasteiger partial charge in [0.1, 0.15) is 15.9 Å². The number of rotatable bonds is 5. The molecule has 0 spiro atoms. The van der Waals surface area contributed by atoms with Gasteiger partial charge in [0.15, 0.2) is 4.90 Å². The molecule has 1 aromatic carbocycles. The fourth-order valence-electron chi connectivity index (χ4n) is 4.04. The molecule has 0 bridgehead atoms. The number of hydrogen-bond acceptors (Lipinski definition) is 6. The zero-order chi connectivity index (χ0) is 23.0. The third-order valence-corrected chi connectivity index (χ3v) is 7.96. The van der Waals surface area contributed by atoms with E-state index >= 15 is 0 Å². The van der Waals surface area contributed by atoms with E-state index in [4.69, 9.17) is 11.6 Å². The second-order valence-corrected chi connectivity index (χ2v) is 10.8. The number of hydrogen-bond donors (Lipinski definition) is 1. The predicted octanol–water partition coefficient (Wildman–Crippen LogP) is 4.28. The Morgan fingerprint density at radius 2 is 1.97 bits per heavy atom. The number of nitrogens with zero attached hydrogens (tertiary/aromatic N) is 4. The number of fused-ring (bicyclic) bond motifs is 1. The van der Waals surface area contributed by atoms with Crippen LogP contribution >= 0.6 is 11.6 Å². The molecule has 0 radical (unpaired) electrons. The summed E-state index contributed by atoms with van der Waals surface area (Å²) in [5.74, 6) is 0.390. The lowest BCUT2D eigenvalue weighted by Gasteiger charge is -2.30. The molecule has 1 unspecified atom stereocenters.